The minimum Gasteiger partial charge on any atom is -0.497 e. The number of nitrogens with zero attached hydrogens (tertiary/aromatic N) is 1. The number of benzene rings is 2. The molecule has 0 saturated heterocycles. The van der Waals surface area contributed by atoms with Crippen LogP contribution in [0.25, 0.3) is 0 Å². The number of fused-ring (bicyclic) bond motifs is 1. The van der Waals surface area contributed by atoms with Crippen LogP contribution < -0.4 is 4.74 Å². The Kier molecular flexibility index (Phi) is 3.31. The van der Waals surface area contributed by atoms with Gasteiger partial charge in [0.25, 0.3) is 0 Å². The number of methoxy groups -OCH3 is 1. The van der Waals surface area contributed by atoms with Crippen LogP contribution >= 0.6 is 0 Å². The van der Waals surface area contributed by atoms with Gasteiger partial charge in [-0.05, 0) is 31.5 Å². The van der Waals surface area contributed by atoms with Gasteiger partial charge in [-0.3, -0.25) is 0 Å². The fourth-order valence-electron chi connectivity index (χ4n) is 2.86. The predicted octanol–water partition coefficient (Wildman–Crippen LogP) is 3.71. The molecule has 0 spiro atoms. The SMILES string of the molecule is COc1ccc2c(c1)C=[N+](c1ccccc1C)C(C)C2. The number of aryl methyl sites for hydroxylation is 1. The molecule has 1 unspecified atom stereocenters. The Hall–Kier alpha value is -2.09. The molecule has 3 rings (SSSR count). The van der Waals surface area contributed by atoms with Gasteiger partial charge in [0.1, 0.15) is 5.75 Å². The molecule has 1 aliphatic heterocycles. The van der Waals surface area contributed by atoms with Crippen LogP contribution in [0.4, 0.5) is 5.69 Å². The standard InChI is InChI=1S/C18H20NO/c1-13-6-4-5-7-18(13)19-12-16-11-17(20-3)9-8-15(16)10-14(19)2/h4-9,11-12,14H,10H2,1-3H3/q+1. The molecule has 2 aromatic rings. The normalized spacial score (nSPS) is 17.4. The number of hydrogen-bond donors (Lipinski definition) is 0. The van der Waals surface area contributed by atoms with Crippen LogP contribution in [0.3, 0.4) is 0 Å². The van der Waals surface area contributed by atoms with Crippen molar-refractivity contribution in [1.82, 2.24) is 0 Å². The van der Waals surface area contributed by atoms with Crippen LogP contribution in [0, 0.1) is 6.92 Å². The minimum absolute atomic E-state index is 0.469. The van der Waals surface area contributed by atoms with Crippen LogP contribution in [0.2, 0.25) is 0 Å². The van der Waals surface area contributed by atoms with Crippen molar-refractivity contribution in [3.8, 4) is 5.75 Å². The molecular weight excluding hydrogens is 246 g/mol. The van der Waals surface area contributed by atoms with Crippen molar-refractivity contribution in [1.29, 1.82) is 0 Å². The van der Waals surface area contributed by atoms with Crippen molar-refractivity contribution in [2.75, 3.05) is 7.11 Å². The second kappa shape index (κ2) is 5.12. The van der Waals surface area contributed by atoms with E-state index in [0.29, 0.717) is 6.04 Å². The average Bonchev–Trinajstić information content (AvgIpc) is 2.47. The third-order valence-corrected chi connectivity index (χ3v) is 4.02. The van der Waals surface area contributed by atoms with Gasteiger partial charge in [0.05, 0.1) is 7.11 Å². The number of hydrogen-bond acceptors (Lipinski definition) is 1. The largest absolute Gasteiger partial charge is 0.497 e. The van der Waals surface area contributed by atoms with E-state index in [1.54, 1.807) is 7.11 Å². The Balaban J connectivity index is 2.11. The van der Waals surface area contributed by atoms with Gasteiger partial charge >= 0.3 is 0 Å². The molecule has 0 amide bonds. The average molecular weight is 266 g/mol. The molecule has 0 aromatic heterocycles. The van der Waals surface area contributed by atoms with E-state index in [2.05, 4.69) is 61.0 Å². The molecule has 0 N–H and O–H groups in total. The van der Waals surface area contributed by atoms with E-state index in [-0.39, 0.29) is 0 Å². The lowest BCUT2D eigenvalue weighted by molar-refractivity contribution is -0.477. The molecule has 1 heterocycles. The molecule has 1 atom stereocenters. The van der Waals surface area contributed by atoms with E-state index in [1.165, 1.54) is 22.4 Å². The number of rotatable bonds is 2. The fourth-order valence-corrected chi connectivity index (χ4v) is 2.86. The summed E-state index contributed by atoms with van der Waals surface area (Å²) < 4.78 is 7.71. The molecule has 102 valence electrons. The van der Waals surface area contributed by atoms with Gasteiger partial charge in [0, 0.05) is 23.6 Å². The highest BCUT2D eigenvalue weighted by atomic mass is 16.5. The first-order valence-electron chi connectivity index (χ1n) is 7.05. The molecule has 0 fully saturated rings. The molecule has 1 aliphatic rings. The molecule has 2 heteroatoms. The molecule has 0 bridgehead atoms. The van der Waals surface area contributed by atoms with E-state index in [9.17, 15) is 0 Å². The van der Waals surface area contributed by atoms with E-state index in [0.717, 1.165) is 12.2 Å². The van der Waals surface area contributed by atoms with Gasteiger partial charge in [-0.1, -0.05) is 24.3 Å². The quantitative estimate of drug-likeness (QED) is 0.755. The van der Waals surface area contributed by atoms with Crippen LogP contribution in [0.15, 0.2) is 42.5 Å². The monoisotopic (exact) mass is 266 g/mol. The first-order chi connectivity index (χ1) is 9.69. The Bertz CT molecular complexity index is 673. The highest BCUT2D eigenvalue weighted by molar-refractivity contribution is 5.80. The van der Waals surface area contributed by atoms with E-state index < -0.39 is 0 Å². The molecule has 0 radical (unpaired) electrons. The zero-order valence-electron chi connectivity index (χ0n) is 12.3. The molecular formula is C18H20NO+. The molecule has 2 aromatic carbocycles. The maximum Gasteiger partial charge on any atom is 0.208 e. The second-order valence-electron chi connectivity index (χ2n) is 5.44. The summed E-state index contributed by atoms with van der Waals surface area (Å²) in [5, 5.41) is 0. The molecule has 20 heavy (non-hydrogen) atoms. The van der Waals surface area contributed by atoms with Crippen molar-refractivity contribution in [2.45, 2.75) is 26.3 Å². The molecule has 2 nitrogen and oxygen atoms in total. The van der Waals surface area contributed by atoms with Crippen LogP contribution in [0.1, 0.15) is 23.6 Å². The predicted molar refractivity (Wildman–Crippen MR) is 82.4 cm³/mol. The summed E-state index contributed by atoms with van der Waals surface area (Å²) >= 11 is 0. The smallest absolute Gasteiger partial charge is 0.208 e. The maximum absolute atomic E-state index is 5.33. The minimum atomic E-state index is 0.469. The van der Waals surface area contributed by atoms with Crippen LogP contribution in [0.5, 0.6) is 5.75 Å². The van der Waals surface area contributed by atoms with Crippen molar-refractivity contribution in [3.05, 3.63) is 59.2 Å². The number of para-hydroxylation sites is 1. The van der Waals surface area contributed by atoms with E-state index in [4.69, 9.17) is 4.74 Å². The third-order valence-electron chi connectivity index (χ3n) is 4.02. The zero-order chi connectivity index (χ0) is 14.1. The summed E-state index contributed by atoms with van der Waals surface area (Å²) in [7, 11) is 1.71. The lowest BCUT2D eigenvalue weighted by atomic mass is 9.96. The van der Waals surface area contributed by atoms with Crippen molar-refractivity contribution >= 4 is 11.9 Å². The third kappa shape index (κ3) is 2.22. The van der Waals surface area contributed by atoms with Gasteiger partial charge in [-0.25, -0.2) is 0 Å². The summed E-state index contributed by atoms with van der Waals surface area (Å²) in [6.45, 7) is 4.44. The second-order valence-corrected chi connectivity index (χ2v) is 5.44. The lowest BCUT2D eigenvalue weighted by Gasteiger charge is -2.19. The van der Waals surface area contributed by atoms with Crippen LogP contribution in [-0.4, -0.2) is 23.9 Å². The fraction of sp³-hybridized carbons (Fsp3) is 0.278. The number of ether oxygens (including phenoxy) is 1. The highest BCUT2D eigenvalue weighted by Gasteiger charge is 2.26. The zero-order valence-corrected chi connectivity index (χ0v) is 12.3. The summed E-state index contributed by atoms with van der Waals surface area (Å²) in [5.41, 5.74) is 5.24. The summed E-state index contributed by atoms with van der Waals surface area (Å²) in [5.74, 6) is 0.916. The van der Waals surface area contributed by atoms with Gasteiger partial charge in [0.2, 0.25) is 5.69 Å². The van der Waals surface area contributed by atoms with Crippen LogP contribution in [-0.2, 0) is 6.42 Å². The van der Waals surface area contributed by atoms with Crippen molar-refractivity contribution < 1.29 is 9.31 Å². The Morgan fingerprint density at radius 2 is 1.95 bits per heavy atom. The highest BCUT2D eigenvalue weighted by Crippen LogP contribution is 2.27. The van der Waals surface area contributed by atoms with Gasteiger partial charge in [-0.2, -0.15) is 4.58 Å². The van der Waals surface area contributed by atoms with Gasteiger partial charge < -0.3 is 4.74 Å². The summed E-state index contributed by atoms with van der Waals surface area (Å²) in [6, 6.07) is 15.3. The van der Waals surface area contributed by atoms with E-state index in [1.807, 2.05) is 6.07 Å². The summed E-state index contributed by atoms with van der Waals surface area (Å²) in [4.78, 5) is 0. The van der Waals surface area contributed by atoms with Crippen molar-refractivity contribution in [2.24, 2.45) is 0 Å². The Labute approximate surface area is 120 Å². The topological polar surface area (TPSA) is 12.2 Å². The Morgan fingerprint density at radius 3 is 2.70 bits per heavy atom. The van der Waals surface area contributed by atoms with Gasteiger partial charge in [-0.15, -0.1) is 0 Å². The first kappa shape index (κ1) is 12.9. The summed E-state index contributed by atoms with van der Waals surface area (Å²) in [6.07, 6.45) is 3.30. The first-order valence-corrected chi connectivity index (χ1v) is 7.05. The van der Waals surface area contributed by atoms with Gasteiger partial charge in [0.15, 0.2) is 12.3 Å². The molecule has 0 saturated carbocycles. The maximum atomic E-state index is 5.33. The molecule has 0 aliphatic carbocycles. The van der Waals surface area contributed by atoms with Crippen molar-refractivity contribution in [3.63, 3.8) is 0 Å². The Morgan fingerprint density at radius 1 is 1.15 bits per heavy atom. The van der Waals surface area contributed by atoms with E-state index >= 15 is 0 Å². The lowest BCUT2D eigenvalue weighted by Crippen LogP contribution is -2.28.